The first-order chi connectivity index (χ1) is 9.67. The van der Waals surface area contributed by atoms with Gasteiger partial charge in [0.1, 0.15) is 11.4 Å². The summed E-state index contributed by atoms with van der Waals surface area (Å²) in [6.07, 6.45) is 1.80. The van der Waals surface area contributed by atoms with E-state index < -0.39 is 11.7 Å². The number of ether oxygens (including phenoxy) is 1. The molecular formula is C16H27N3O2. The van der Waals surface area contributed by atoms with E-state index in [0.717, 1.165) is 24.4 Å². The van der Waals surface area contributed by atoms with Crippen LogP contribution in [-0.2, 0) is 11.2 Å². The molecule has 0 aromatic carbocycles. The third-order valence-electron chi connectivity index (χ3n) is 3.76. The third-order valence-corrected chi connectivity index (χ3v) is 3.76. The molecule has 0 saturated carbocycles. The van der Waals surface area contributed by atoms with Crippen molar-refractivity contribution in [1.82, 2.24) is 15.3 Å². The summed E-state index contributed by atoms with van der Waals surface area (Å²) in [6, 6.07) is -0.155. The largest absolute Gasteiger partial charge is 0.444 e. The SMILES string of the molecule is CC1CCc2[nH]c(C(NC(=O)OC(C)(C)C)C(C)C)nc21. The molecule has 0 radical (unpaired) electrons. The van der Waals surface area contributed by atoms with Crippen molar-refractivity contribution in [3.63, 3.8) is 0 Å². The molecule has 0 spiro atoms. The first kappa shape index (κ1) is 15.9. The molecule has 118 valence electrons. The Balaban J connectivity index is 2.13. The van der Waals surface area contributed by atoms with E-state index in [9.17, 15) is 4.79 Å². The van der Waals surface area contributed by atoms with Crippen LogP contribution in [0.4, 0.5) is 4.79 Å². The summed E-state index contributed by atoms with van der Waals surface area (Å²) in [4.78, 5) is 20.1. The Bertz CT molecular complexity index is 514. The van der Waals surface area contributed by atoms with Crippen molar-refractivity contribution in [3.05, 3.63) is 17.2 Å². The highest BCUT2D eigenvalue weighted by Gasteiger charge is 2.29. The van der Waals surface area contributed by atoms with Crippen LogP contribution < -0.4 is 5.32 Å². The molecule has 2 unspecified atom stereocenters. The Labute approximate surface area is 126 Å². The minimum Gasteiger partial charge on any atom is -0.444 e. The summed E-state index contributed by atoms with van der Waals surface area (Å²) in [5.74, 6) is 1.57. The molecule has 1 aliphatic rings. The zero-order valence-corrected chi connectivity index (χ0v) is 13.9. The fraction of sp³-hybridized carbons (Fsp3) is 0.750. The minimum atomic E-state index is -0.495. The number of aromatic amines is 1. The van der Waals surface area contributed by atoms with Crippen molar-refractivity contribution in [2.75, 3.05) is 0 Å². The fourth-order valence-corrected chi connectivity index (χ4v) is 2.67. The molecule has 2 atom stereocenters. The van der Waals surface area contributed by atoms with Gasteiger partial charge >= 0.3 is 6.09 Å². The number of nitrogens with zero attached hydrogens (tertiary/aromatic N) is 1. The monoisotopic (exact) mass is 293 g/mol. The van der Waals surface area contributed by atoms with Gasteiger partial charge in [0.15, 0.2) is 0 Å². The predicted octanol–water partition coefficient (Wildman–Crippen LogP) is 3.68. The lowest BCUT2D eigenvalue weighted by Gasteiger charge is -2.24. The number of nitrogens with one attached hydrogen (secondary N) is 2. The molecule has 1 aromatic heterocycles. The molecular weight excluding hydrogens is 266 g/mol. The molecule has 5 heteroatoms. The molecule has 0 saturated heterocycles. The molecule has 0 bridgehead atoms. The maximum absolute atomic E-state index is 12.0. The second-order valence-corrected chi connectivity index (χ2v) is 7.29. The number of imidazole rings is 1. The maximum atomic E-state index is 12.0. The van der Waals surface area contributed by atoms with Crippen LogP contribution in [0.15, 0.2) is 0 Å². The van der Waals surface area contributed by atoms with Crippen LogP contribution in [0.25, 0.3) is 0 Å². The van der Waals surface area contributed by atoms with Crippen LogP contribution in [0.5, 0.6) is 0 Å². The summed E-state index contributed by atoms with van der Waals surface area (Å²) < 4.78 is 5.35. The van der Waals surface area contributed by atoms with Gasteiger partial charge in [-0.3, -0.25) is 0 Å². The van der Waals surface area contributed by atoms with Gasteiger partial charge in [0, 0.05) is 11.6 Å². The summed E-state index contributed by atoms with van der Waals surface area (Å²) >= 11 is 0. The van der Waals surface area contributed by atoms with Crippen molar-refractivity contribution in [2.24, 2.45) is 5.92 Å². The van der Waals surface area contributed by atoms with Crippen LogP contribution >= 0.6 is 0 Å². The van der Waals surface area contributed by atoms with E-state index in [2.05, 4.69) is 31.1 Å². The zero-order chi connectivity index (χ0) is 15.8. The van der Waals surface area contributed by atoms with E-state index in [1.54, 1.807) is 0 Å². The Morgan fingerprint density at radius 1 is 1.43 bits per heavy atom. The lowest BCUT2D eigenvalue weighted by molar-refractivity contribution is 0.0486. The van der Waals surface area contributed by atoms with Gasteiger partial charge in [-0.2, -0.15) is 0 Å². The van der Waals surface area contributed by atoms with Crippen LogP contribution in [0.2, 0.25) is 0 Å². The van der Waals surface area contributed by atoms with E-state index in [1.807, 2.05) is 20.8 Å². The number of carbonyl (C=O) groups is 1. The smallest absolute Gasteiger partial charge is 0.408 e. The zero-order valence-electron chi connectivity index (χ0n) is 13.9. The number of hydrogen-bond donors (Lipinski definition) is 2. The average Bonchev–Trinajstić information content (AvgIpc) is 2.86. The van der Waals surface area contributed by atoms with Crippen LogP contribution in [0.1, 0.15) is 77.1 Å². The van der Waals surface area contributed by atoms with Crippen molar-refractivity contribution >= 4 is 6.09 Å². The molecule has 0 fully saturated rings. The van der Waals surface area contributed by atoms with Crippen LogP contribution in [0.3, 0.4) is 0 Å². The highest BCUT2D eigenvalue weighted by atomic mass is 16.6. The van der Waals surface area contributed by atoms with E-state index in [1.165, 1.54) is 5.69 Å². The molecule has 0 aliphatic heterocycles. The van der Waals surface area contributed by atoms with Gasteiger partial charge in [-0.25, -0.2) is 9.78 Å². The number of H-pyrrole nitrogens is 1. The van der Waals surface area contributed by atoms with E-state index in [4.69, 9.17) is 9.72 Å². The molecule has 21 heavy (non-hydrogen) atoms. The lowest BCUT2D eigenvalue weighted by Crippen LogP contribution is -2.37. The molecule has 2 rings (SSSR count). The van der Waals surface area contributed by atoms with Gasteiger partial charge in [0.2, 0.25) is 0 Å². The maximum Gasteiger partial charge on any atom is 0.408 e. The van der Waals surface area contributed by atoms with Gasteiger partial charge in [-0.05, 0) is 39.5 Å². The average molecular weight is 293 g/mol. The Morgan fingerprint density at radius 3 is 2.62 bits per heavy atom. The predicted molar refractivity (Wildman–Crippen MR) is 82.3 cm³/mol. The highest BCUT2D eigenvalue weighted by molar-refractivity contribution is 5.68. The molecule has 1 amide bonds. The number of hydrogen-bond acceptors (Lipinski definition) is 3. The number of carbonyl (C=O) groups excluding carboxylic acids is 1. The second kappa shape index (κ2) is 5.70. The number of aromatic nitrogens is 2. The molecule has 1 aliphatic carbocycles. The van der Waals surface area contributed by atoms with Gasteiger partial charge in [-0.15, -0.1) is 0 Å². The normalized spacial score (nSPS) is 19.5. The minimum absolute atomic E-state index is 0.155. The van der Waals surface area contributed by atoms with E-state index in [-0.39, 0.29) is 12.0 Å². The third kappa shape index (κ3) is 3.77. The summed E-state index contributed by atoms with van der Waals surface area (Å²) in [7, 11) is 0. The summed E-state index contributed by atoms with van der Waals surface area (Å²) in [5.41, 5.74) is 1.88. The Kier molecular flexibility index (Phi) is 4.30. The van der Waals surface area contributed by atoms with E-state index >= 15 is 0 Å². The van der Waals surface area contributed by atoms with Crippen molar-refractivity contribution in [1.29, 1.82) is 0 Å². The molecule has 2 N–H and O–H groups in total. The number of aryl methyl sites for hydroxylation is 1. The number of rotatable bonds is 3. The van der Waals surface area contributed by atoms with Crippen LogP contribution in [-0.4, -0.2) is 21.7 Å². The van der Waals surface area contributed by atoms with Crippen LogP contribution in [0, 0.1) is 5.92 Å². The van der Waals surface area contributed by atoms with Crippen molar-refractivity contribution < 1.29 is 9.53 Å². The Morgan fingerprint density at radius 2 is 2.10 bits per heavy atom. The Hall–Kier alpha value is -1.52. The van der Waals surface area contributed by atoms with Crippen molar-refractivity contribution in [2.45, 2.75) is 71.9 Å². The van der Waals surface area contributed by atoms with Gasteiger partial charge in [0.05, 0.1) is 11.7 Å². The van der Waals surface area contributed by atoms with Crippen molar-refractivity contribution in [3.8, 4) is 0 Å². The van der Waals surface area contributed by atoms with E-state index in [0.29, 0.717) is 5.92 Å². The standard InChI is InChI=1S/C16H27N3O2/c1-9(2)12(19-15(20)21-16(4,5)6)14-17-11-8-7-10(3)13(11)18-14/h9-10,12H,7-8H2,1-6H3,(H,17,18)(H,19,20). The summed E-state index contributed by atoms with van der Waals surface area (Å²) in [5, 5.41) is 2.94. The molecule has 5 nitrogen and oxygen atoms in total. The quantitative estimate of drug-likeness (QED) is 0.893. The lowest BCUT2D eigenvalue weighted by atomic mass is 10.0. The first-order valence-electron chi connectivity index (χ1n) is 7.75. The van der Waals surface area contributed by atoms with Gasteiger partial charge in [-0.1, -0.05) is 20.8 Å². The number of fused-ring (bicyclic) bond motifs is 1. The fourth-order valence-electron chi connectivity index (χ4n) is 2.67. The highest BCUT2D eigenvalue weighted by Crippen LogP contribution is 2.32. The molecule has 1 aromatic rings. The second-order valence-electron chi connectivity index (χ2n) is 7.29. The summed E-state index contributed by atoms with van der Waals surface area (Å²) in [6.45, 7) is 11.9. The topological polar surface area (TPSA) is 67.0 Å². The van der Waals surface area contributed by atoms with Gasteiger partial charge < -0.3 is 15.0 Å². The first-order valence-corrected chi connectivity index (χ1v) is 7.75. The van der Waals surface area contributed by atoms with Gasteiger partial charge in [0.25, 0.3) is 0 Å². The number of amides is 1. The molecule has 1 heterocycles. The number of alkyl carbamates (subject to hydrolysis) is 1.